The van der Waals surface area contributed by atoms with E-state index in [0.717, 1.165) is 18.2 Å². The predicted molar refractivity (Wildman–Crippen MR) is 146 cm³/mol. The molecule has 37 heavy (non-hydrogen) atoms. The highest BCUT2D eigenvalue weighted by molar-refractivity contribution is 5.91. The molecular weight excluding hydrogens is 468 g/mol. The molecule has 0 fully saturated rings. The first-order valence-electron chi connectivity index (χ1n) is 12.5. The van der Waals surface area contributed by atoms with Gasteiger partial charge < -0.3 is 18.9 Å². The van der Waals surface area contributed by atoms with Crippen molar-refractivity contribution >= 4 is 11.9 Å². The summed E-state index contributed by atoms with van der Waals surface area (Å²) in [6.45, 7) is 21.6. The third-order valence-electron chi connectivity index (χ3n) is 5.26. The normalized spacial score (nSPS) is 12.5. The topological polar surface area (TPSA) is 71.1 Å². The van der Waals surface area contributed by atoms with Crippen LogP contribution in [0.2, 0.25) is 0 Å². The highest BCUT2D eigenvalue weighted by Gasteiger charge is 2.33. The molecule has 0 heterocycles. The van der Waals surface area contributed by atoms with Crippen molar-refractivity contribution in [1.82, 2.24) is 0 Å². The highest BCUT2D eigenvalue weighted by Crippen LogP contribution is 2.32. The molecule has 6 nitrogen and oxygen atoms in total. The Kier molecular flexibility index (Phi) is 9.23. The van der Waals surface area contributed by atoms with Gasteiger partial charge in [0.25, 0.3) is 0 Å². The molecule has 2 rings (SSSR count). The number of carbonyl (C=O) groups is 2. The fourth-order valence-electron chi connectivity index (χ4n) is 4.76. The SMILES string of the molecule is C=CC(=O)OC(C)(C)CC(C)(C)Oc1ccc(C(=O)Oc2ccc(OC(C)(C)CC(C)(C)C)cc2)cc1. The lowest BCUT2D eigenvalue weighted by Gasteiger charge is -2.34. The first-order valence-corrected chi connectivity index (χ1v) is 12.5. The average Bonchev–Trinajstić information content (AvgIpc) is 2.72. The summed E-state index contributed by atoms with van der Waals surface area (Å²) in [6.07, 6.45) is 2.50. The summed E-state index contributed by atoms with van der Waals surface area (Å²) in [5.41, 5.74) is -1.14. The van der Waals surface area contributed by atoms with E-state index < -0.39 is 23.1 Å². The van der Waals surface area contributed by atoms with Crippen molar-refractivity contribution in [2.75, 3.05) is 0 Å². The molecule has 0 saturated heterocycles. The standard InChI is InChI=1S/C31H42O6/c1-11-26(32)37-31(9,10)21-30(7,8)36-24-14-12-22(13-15-24)27(33)34-23-16-18-25(19-17-23)35-29(5,6)20-28(2,3)4/h11-19H,1,20-21H2,2-10H3. The molecule has 0 spiro atoms. The number of esters is 2. The van der Waals surface area contributed by atoms with Crippen molar-refractivity contribution in [3.63, 3.8) is 0 Å². The zero-order valence-corrected chi connectivity index (χ0v) is 23.8. The summed E-state index contributed by atoms with van der Waals surface area (Å²) in [5.74, 6) is 0.802. The molecule has 0 aliphatic carbocycles. The second-order valence-corrected chi connectivity index (χ2v) is 12.4. The molecule has 0 unspecified atom stereocenters. The van der Waals surface area contributed by atoms with Crippen molar-refractivity contribution in [2.24, 2.45) is 5.41 Å². The van der Waals surface area contributed by atoms with Crippen LogP contribution >= 0.6 is 0 Å². The lowest BCUT2D eigenvalue weighted by atomic mass is 9.83. The van der Waals surface area contributed by atoms with E-state index >= 15 is 0 Å². The maximum Gasteiger partial charge on any atom is 0.343 e. The molecule has 0 aliphatic rings. The van der Waals surface area contributed by atoms with E-state index in [4.69, 9.17) is 18.9 Å². The third kappa shape index (κ3) is 10.7. The maximum absolute atomic E-state index is 12.6. The largest absolute Gasteiger partial charge is 0.488 e. The minimum absolute atomic E-state index is 0.145. The molecule has 2 aromatic carbocycles. The Morgan fingerprint density at radius 1 is 0.676 bits per heavy atom. The summed E-state index contributed by atoms with van der Waals surface area (Å²) < 4.78 is 23.2. The summed E-state index contributed by atoms with van der Waals surface area (Å²) in [7, 11) is 0. The van der Waals surface area contributed by atoms with Crippen LogP contribution in [0.3, 0.4) is 0 Å². The second-order valence-electron chi connectivity index (χ2n) is 12.4. The van der Waals surface area contributed by atoms with E-state index in [1.165, 1.54) is 0 Å². The van der Waals surface area contributed by atoms with Crippen molar-refractivity contribution in [3.05, 3.63) is 66.7 Å². The van der Waals surface area contributed by atoms with E-state index in [1.54, 1.807) is 48.5 Å². The van der Waals surface area contributed by atoms with E-state index in [0.29, 0.717) is 23.5 Å². The van der Waals surface area contributed by atoms with Gasteiger partial charge in [0.1, 0.15) is 34.1 Å². The molecule has 0 saturated carbocycles. The number of rotatable bonds is 11. The van der Waals surface area contributed by atoms with Gasteiger partial charge in [0.05, 0.1) is 5.56 Å². The minimum Gasteiger partial charge on any atom is -0.488 e. The van der Waals surface area contributed by atoms with Crippen LogP contribution in [0.4, 0.5) is 0 Å². The lowest BCUT2D eigenvalue weighted by molar-refractivity contribution is -0.154. The van der Waals surface area contributed by atoms with Crippen LogP contribution in [0.25, 0.3) is 0 Å². The van der Waals surface area contributed by atoms with E-state index in [1.807, 2.05) is 27.7 Å². The zero-order valence-electron chi connectivity index (χ0n) is 23.8. The fourth-order valence-corrected chi connectivity index (χ4v) is 4.76. The predicted octanol–water partition coefficient (Wildman–Crippen LogP) is 7.55. The number of ether oxygens (including phenoxy) is 4. The van der Waals surface area contributed by atoms with Gasteiger partial charge in [-0.05, 0) is 102 Å². The first-order chi connectivity index (χ1) is 16.9. The Hall–Kier alpha value is -3.28. The van der Waals surface area contributed by atoms with Crippen LogP contribution < -0.4 is 14.2 Å². The lowest BCUT2D eigenvalue weighted by Crippen LogP contribution is -2.40. The molecule has 0 aliphatic heterocycles. The zero-order chi connectivity index (χ0) is 28.1. The van der Waals surface area contributed by atoms with Gasteiger partial charge >= 0.3 is 11.9 Å². The van der Waals surface area contributed by atoms with Crippen molar-refractivity contribution < 1.29 is 28.5 Å². The van der Waals surface area contributed by atoms with Gasteiger partial charge in [0.2, 0.25) is 0 Å². The summed E-state index contributed by atoms with van der Waals surface area (Å²) in [4.78, 5) is 24.2. The van der Waals surface area contributed by atoms with Crippen LogP contribution in [0.1, 0.15) is 85.5 Å². The Bertz CT molecular complexity index is 1070. The molecule has 0 radical (unpaired) electrons. The van der Waals surface area contributed by atoms with Crippen molar-refractivity contribution in [2.45, 2.75) is 92.0 Å². The van der Waals surface area contributed by atoms with Crippen LogP contribution in [0, 0.1) is 5.41 Å². The molecule has 0 aromatic heterocycles. The number of benzene rings is 2. The van der Waals surface area contributed by atoms with E-state index in [9.17, 15) is 9.59 Å². The summed E-state index contributed by atoms with van der Waals surface area (Å²) in [5, 5.41) is 0. The first kappa shape index (κ1) is 29.9. The molecule has 6 heteroatoms. The van der Waals surface area contributed by atoms with E-state index in [2.05, 4.69) is 41.2 Å². The van der Waals surface area contributed by atoms with E-state index in [-0.39, 0.29) is 11.0 Å². The Labute approximate surface area is 222 Å². The Morgan fingerprint density at radius 2 is 1.11 bits per heavy atom. The van der Waals surface area contributed by atoms with Crippen molar-refractivity contribution in [3.8, 4) is 17.2 Å². The average molecular weight is 511 g/mol. The molecule has 0 N–H and O–H groups in total. The minimum atomic E-state index is -0.735. The quantitative estimate of drug-likeness (QED) is 0.176. The van der Waals surface area contributed by atoms with Crippen LogP contribution in [-0.4, -0.2) is 28.7 Å². The number of carbonyl (C=O) groups excluding carboxylic acids is 2. The maximum atomic E-state index is 12.6. The van der Waals surface area contributed by atoms with Gasteiger partial charge in [-0.25, -0.2) is 9.59 Å². The molecule has 0 atom stereocenters. The van der Waals surface area contributed by atoms with Gasteiger partial charge in [-0.1, -0.05) is 27.4 Å². The van der Waals surface area contributed by atoms with Gasteiger partial charge in [-0.3, -0.25) is 0 Å². The molecule has 0 amide bonds. The summed E-state index contributed by atoms with van der Waals surface area (Å²) in [6, 6.07) is 13.8. The number of hydrogen-bond donors (Lipinski definition) is 0. The Balaban J connectivity index is 1.97. The summed E-state index contributed by atoms with van der Waals surface area (Å²) >= 11 is 0. The van der Waals surface area contributed by atoms with Crippen LogP contribution in [-0.2, 0) is 9.53 Å². The molecule has 0 bridgehead atoms. The van der Waals surface area contributed by atoms with Crippen LogP contribution in [0.5, 0.6) is 17.2 Å². The molecular formula is C31H42O6. The monoisotopic (exact) mass is 510 g/mol. The van der Waals surface area contributed by atoms with Gasteiger partial charge in [-0.2, -0.15) is 0 Å². The van der Waals surface area contributed by atoms with Crippen LogP contribution in [0.15, 0.2) is 61.2 Å². The van der Waals surface area contributed by atoms with Gasteiger partial charge in [0, 0.05) is 12.5 Å². The van der Waals surface area contributed by atoms with Gasteiger partial charge in [-0.15, -0.1) is 0 Å². The fraction of sp³-hybridized carbons (Fsp3) is 0.484. The smallest absolute Gasteiger partial charge is 0.343 e. The van der Waals surface area contributed by atoms with Crippen molar-refractivity contribution in [1.29, 1.82) is 0 Å². The Morgan fingerprint density at radius 3 is 1.57 bits per heavy atom. The highest BCUT2D eigenvalue weighted by atomic mass is 16.6. The second kappa shape index (κ2) is 11.4. The van der Waals surface area contributed by atoms with Gasteiger partial charge in [0.15, 0.2) is 0 Å². The number of hydrogen-bond acceptors (Lipinski definition) is 6. The molecule has 202 valence electrons. The third-order valence-corrected chi connectivity index (χ3v) is 5.26. The molecule has 2 aromatic rings.